The molecule has 0 aliphatic rings. The summed E-state index contributed by atoms with van der Waals surface area (Å²) in [6, 6.07) is 12.6. The molecular formula is C19H24N2O4S. The summed E-state index contributed by atoms with van der Waals surface area (Å²) in [5, 5.41) is 2.71. The molecular weight excluding hydrogens is 352 g/mol. The van der Waals surface area contributed by atoms with Gasteiger partial charge in [-0.1, -0.05) is 29.8 Å². The number of hydrogen-bond acceptors (Lipinski definition) is 4. The van der Waals surface area contributed by atoms with Crippen LogP contribution < -0.4 is 14.8 Å². The minimum atomic E-state index is -3.72. The van der Waals surface area contributed by atoms with Crippen molar-refractivity contribution in [1.29, 1.82) is 0 Å². The highest BCUT2D eigenvalue weighted by Gasteiger charge is 2.17. The van der Waals surface area contributed by atoms with Crippen molar-refractivity contribution in [3.8, 4) is 5.75 Å². The van der Waals surface area contributed by atoms with Crippen LogP contribution in [0.4, 0.5) is 0 Å². The molecule has 2 rings (SSSR count). The van der Waals surface area contributed by atoms with Gasteiger partial charge in [-0.25, -0.2) is 13.1 Å². The lowest BCUT2D eigenvalue weighted by Gasteiger charge is -2.10. The third-order valence-corrected chi connectivity index (χ3v) is 5.47. The fourth-order valence-corrected chi connectivity index (χ4v) is 3.78. The Kier molecular flexibility index (Phi) is 6.76. The molecule has 0 aromatic heterocycles. The van der Waals surface area contributed by atoms with E-state index >= 15 is 0 Å². The fraction of sp³-hybridized carbons (Fsp3) is 0.316. The summed E-state index contributed by atoms with van der Waals surface area (Å²) in [6.07, 6.45) is 0.632. The van der Waals surface area contributed by atoms with E-state index in [9.17, 15) is 13.2 Å². The van der Waals surface area contributed by atoms with Gasteiger partial charge < -0.3 is 10.1 Å². The number of aryl methyl sites for hydroxylation is 2. The van der Waals surface area contributed by atoms with Crippen LogP contribution in [0.3, 0.4) is 0 Å². The monoisotopic (exact) mass is 376 g/mol. The lowest BCUT2D eigenvalue weighted by Crippen LogP contribution is -2.37. The van der Waals surface area contributed by atoms with Crippen LogP contribution in [0.2, 0.25) is 0 Å². The van der Waals surface area contributed by atoms with Gasteiger partial charge in [-0.3, -0.25) is 4.79 Å². The van der Waals surface area contributed by atoms with Crippen molar-refractivity contribution < 1.29 is 17.9 Å². The minimum Gasteiger partial charge on any atom is -0.497 e. The zero-order valence-corrected chi connectivity index (χ0v) is 16.0. The predicted molar refractivity (Wildman–Crippen MR) is 101 cm³/mol. The van der Waals surface area contributed by atoms with Crippen LogP contribution in [0.15, 0.2) is 47.4 Å². The average Bonchev–Trinajstić information content (AvgIpc) is 2.60. The molecule has 7 heteroatoms. The van der Waals surface area contributed by atoms with Crippen molar-refractivity contribution in [1.82, 2.24) is 10.0 Å². The smallest absolute Gasteiger partial charge is 0.241 e. The molecule has 140 valence electrons. The van der Waals surface area contributed by atoms with Gasteiger partial charge in [0.1, 0.15) is 5.75 Å². The van der Waals surface area contributed by atoms with E-state index in [4.69, 9.17) is 4.74 Å². The van der Waals surface area contributed by atoms with Gasteiger partial charge in [0.25, 0.3) is 0 Å². The zero-order chi connectivity index (χ0) is 19.2. The quantitative estimate of drug-likeness (QED) is 0.737. The van der Waals surface area contributed by atoms with Gasteiger partial charge in [-0.05, 0) is 49.6 Å². The largest absolute Gasteiger partial charge is 0.497 e. The van der Waals surface area contributed by atoms with Crippen LogP contribution in [-0.2, 0) is 21.2 Å². The van der Waals surface area contributed by atoms with Gasteiger partial charge in [0, 0.05) is 6.54 Å². The van der Waals surface area contributed by atoms with Crippen molar-refractivity contribution in [2.45, 2.75) is 25.2 Å². The summed E-state index contributed by atoms with van der Waals surface area (Å²) in [4.78, 5) is 12.1. The first-order valence-electron chi connectivity index (χ1n) is 8.28. The Bertz CT molecular complexity index is 879. The zero-order valence-electron chi connectivity index (χ0n) is 15.2. The number of carbonyl (C=O) groups excluding carboxylic acids is 1. The number of sulfonamides is 1. The van der Waals surface area contributed by atoms with Gasteiger partial charge in [0.05, 0.1) is 18.6 Å². The van der Waals surface area contributed by atoms with Crippen LogP contribution in [-0.4, -0.2) is 34.5 Å². The SMILES string of the molecule is COc1cccc(CCNC(=O)CNS(=O)(=O)c2ccc(C)cc2C)c1. The molecule has 0 radical (unpaired) electrons. The van der Waals surface area contributed by atoms with Crippen molar-refractivity contribution >= 4 is 15.9 Å². The van der Waals surface area contributed by atoms with Crippen LogP contribution >= 0.6 is 0 Å². The topological polar surface area (TPSA) is 84.5 Å². The molecule has 0 heterocycles. The normalized spacial score (nSPS) is 11.2. The molecule has 0 saturated heterocycles. The standard InChI is InChI=1S/C19H24N2O4S/c1-14-7-8-18(15(2)11-14)26(23,24)21-13-19(22)20-10-9-16-5-4-6-17(12-16)25-3/h4-8,11-12,21H,9-10,13H2,1-3H3,(H,20,22). The Labute approximate surface area is 154 Å². The Morgan fingerprint density at radius 2 is 1.88 bits per heavy atom. The molecule has 0 bridgehead atoms. The molecule has 6 nitrogen and oxygen atoms in total. The number of amides is 1. The second-order valence-electron chi connectivity index (χ2n) is 6.04. The van der Waals surface area contributed by atoms with E-state index in [1.54, 1.807) is 32.2 Å². The molecule has 2 aromatic carbocycles. The molecule has 0 fully saturated rings. The van der Waals surface area contributed by atoms with E-state index in [1.165, 1.54) is 0 Å². The summed E-state index contributed by atoms with van der Waals surface area (Å²) < 4.78 is 32.2. The van der Waals surface area contributed by atoms with E-state index in [-0.39, 0.29) is 17.3 Å². The average molecular weight is 376 g/mol. The minimum absolute atomic E-state index is 0.187. The van der Waals surface area contributed by atoms with Gasteiger partial charge in [-0.2, -0.15) is 0 Å². The molecule has 2 N–H and O–H groups in total. The van der Waals surface area contributed by atoms with Crippen LogP contribution in [0.5, 0.6) is 5.75 Å². The van der Waals surface area contributed by atoms with Crippen LogP contribution in [0.1, 0.15) is 16.7 Å². The van der Waals surface area contributed by atoms with Crippen LogP contribution in [0.25, 0.3) is 0 Å². The predicted octanol–water partition coefficient (Wildman–Crippen LogP) is 1.95. The van der Waals surface area contributed by atoms with E-state index in [1.807, 2.05) is 31.2 Å². The highest BCUT2D eigenvalue weighted by Crippen LogP contribution is 2.16. The summed E-state index contributed by atoms with van der Waals surface area (Å²) in [5.74, 6) is 0.385. The molecule has 0 spiro atoms. The van der Waals surface area contributed by atoms with E-state index in [0.717, 1.165) is 16.9 Å². The Hall–Kier alpha value is -2.38. The number of nitrogens with one attached hydrogen (secondary N) is 2. The first-order chi connectivity index (χ1) is 12.3. The van der Waals surface area contributed by atoms with Crippen molar-refractivity contribution in [3.05, 3.63) is 59.2 Å². The lowest BCUT2D eigenvalue weighted by molar-refractivity contribution is -0.119. The highest BCUT2D eigenvalue weighted by atomic mass is 32.2. The molecule has 0 saturated carbocycles. The molecule has 0 aliphatic carbocycles. The summed E-state index contributed by atoms with van der Waals surface area (Å²) in [6.45, 7) is 3.74. The highest BCUT2D eigenvalue weighted by molar-refractivity contribution is 7.89. The lowest BCUT2D eigenvalue weighted by atomic mass is 10.1. The number of benzene rings is 2. The third-order valence-electron chi connectivity index (χ3n) is 3.91. The molecule has 0 atom stereocenters. The molecule has 0 unspecified atom stereocenters. The van der Waals surface area contributed by atoms with E-state index in [0.29, 0.717) is 18.5 Å². The second-order valence-corrected chi connectivity index (χ2v) is 7.78. The fourth-order valence-electron chi connectivity index (χ4n) is 2.58. The summed E-state index contributed by atoms with van der Waals surface area (Å²) in [5.41, 5.74) is 2.66. The Morgan fingerprint density at radius 1 is 1.12 bits per heavy atom. The number of hydrogen-bond donors (Lipinski definition) is 2. The van der Waals surface area contributed by atoms with E-state index in [2.05, 4.69) is 10.0 Å². The number of rotatable bonds is 8. The first kappa shape index (κ1) is 19.9. The van der Waals surface area contributed by atoms with Crippen molar-refractivity contribution in [3.63, 3.8) is 0 Å². The van der Waals surface area contributed by atoms with Gasteiger partial charge in [0.15, 0.2) is 0 Å². The number of methoxy groups -OCH3 is 1. The first-order valence-corrected chi connectivity index (χ1v) is 9.76. The van der Waals surface area contributed by atoms with Crippen molar-refractivity contribution in [2.24, 2.45) is 0 Å². The van der Waals surface area contributed by atoms with Crippen molar-refractivity contribution in [2.75, 3.05) is 20.2 Å². The molecule has 2 aromatic rings. The summed E-state index contributed by atoms with van der Waals surface area (Å²) >= 11 is 0. The summed E-state index contributed by atoms with van der Waals surface area (Å²) in [7, 11) is -2.12. The van der Waals surface area contributed by atoms with Gasteiger partial charge >= 0.3 is 0 Å². The Balaban J connectivity index is 1.84. The number of ether oxygens (including phenoxy) is 1. The molecule has 1 amide bonds. The Morgan fingerprint density at radius 3 is 2.58 bits per heavy atom. The van der Waals surface area contributed by atoms with Gasteiger partial charge in [0.2, 0.25) is 15.9 Å². The maximum Gasteiger partial charge on any atom is 0.241 e. The molecule has 26 heavy (non-hydrogen) atoms. The second kappa shape index (κ2) is 8.82. The third kappa shape index (κ3) is 5.57. The molecule has 0 aliphatic heterocycles. The van der Waals surface area contributed by atoms with E-state index < -0.39 is 10.0 Å². The maximum absolute atomic E-state index is 12.3. The number of carbonyl (C=O) groups is 1. The van der Waals surface area contributed by atoms with Gasteiger partial charge in [-0.15, -0.1) is 0 Å². The maximum atomic E-state index is 12.3. The van der Waals surface area contributed by atoms with Crippen LogP contribution in [0, 0.1) is 13.8 Å².